The van der Waals surface area contributed by atoms with E-state index in [1.165, 1.54) is 48.6 Å². The Morgan fingerprint density at radius 3 is 2.83 bits per heavy atom. The molecular formula is C17H19N. The lowest BCUT2D eigenvalue weighted by Gasteiger charge is -2.16. The zero-order valence-corrected chi connectivity index (χ0v) is 10.7. The van der Waals surface area contributed by atoms with Crippen LogP contribution in [0, 0.1) is 0 Å². The van der Waals surface area contributed by atoms with E-state index >= 15 is 0 Å². The molecule has 0 saturated carbocycles. The Morgan fingerprint density at radius 1 is 1.00 bits per heavy atom. The van der Waals surface area contributed by atoms with Crippen LogP contribution in [0.5, 0.6) is 0 Å². The molecule has 1 unspecified atom stereocenters. The molecular weight excluding hydrogens is 218 g/mol. The molecule has 2 aliphatic rings. The average Bonchev–Trinajstić information content (AvgIpc) is 2.71. The van der Waals surface area contributed by atoms with Crippen molar-refractivity contribution >= 4 is 10.8 Å². The molecule has 1 nitrogen and oxygen atoms in total. The van der Waals surface area contributed by atoms with Crippen LogP contribution in [-0.2, 0) is 19.3 Å². The summed E-state index contributed by atoms with van der Waals surface area (Å²) in [7, 11) is 0. The van der Waals surface area contributed by atoms with Crippen molar-refractivity contribution in [3.05, 3.63) is 46.5 Å². The predicted octanol–water partition coefficient (Wildman–Crippen LogP) is 3.66. The molecule has 0 spiro atoms. The van der Waals surface area contributed by atoms with E-state index in [9.17, 15) is 0 Å². The smallest absolute Gasteiger partial charge is 0.0297 e. The summed E-state index contributed by atoms with van der Waals surface area (Å²) in [6.07, 6.45) is 7.34. The fraction of sp³-hybridized carbons (Fsp3) is 0.412. The van der Waals surface area contributed by atoms with Crippen LogP contribution in [-0.4, -0.2) is 0 Å². The first-order valence-corrected chi connectivity index (χ1v) is 7.16. The van der Waals surface area contributed by atoms with Crippen LogP contribution in [0.15, 0.2) is 24.3 Å². The van der Waals surface area contributed by atoms with Crippen molar-refractivity contribution < 1.29 is 0 Å². The molecule has 18 heavy (non-hydrogen) atoms. The Bertz CT molecular complexity index is 627. The second-order valence-electron chi connectivity index (χ2n) is 5.80. The quantitative estimate of drug-likeness (QED) is 0.695. The van der Waals surface area contributed by atoms with Crippen LogP contribution in [0.1, 0.15) is 47.6 Å². The van der Waals surface area contributed by atoms with E-state index in [2.05, 4.69) is 24.3 Å². The molecule has 2 aromatic rings. The number of rotatable bonds is 0. The average molecular weight is 237 g/mol. The molecule has 0 saturated heterocycles. The lowest BCUT2D eigenvalue weighted by atomic mass is 9.91. The first-order valence-electron chi connectivity index (χ1n) is 7.16. The minimum Gasteiger partial charge on any atom is -0.324 e. The highest BCUT2D eigenvalue weighted by atomic mass is 14.6. The number of hydrogen-bond acceptors (Lipinski definition) is 1. The van der Waals surface area contributed by atoms with Gasteiger partial charge in [-0.15, -0.1) is 0 Å². The molecule has 0 radical (unpaired) electrons. The van der Waals surface area contributed by atoms with Gasteiger partial charge in [-0.05, 0) is 65.1 Å². The molecule has 1 atom stereocenters. The Morgan fingerprint density at radius 2 is 1.89 bits per heavy atom. The van der Waals surface area contributed by atoms with Gasteiger partial charge in [0.25, 0.3) is 0 Å². The number of hydrogen-bond donors (Lipinski definition) is 1. The van der Waals surface area contributed by atoms with Gasteiger partial charge in [0.15, 0.2) is 0 Å². The molecule has 0 amide bonds. The normalized spacial score (nSPS) is 21.9. The summed E-state index contributed by atoms with van der Waals surface area (Å²) in [5.41, 5.74) is 12.4. The first kappa shape index (κ1) is 10.6. The summed E-state index contributed by atoms with van der Waals surface area (Å²) >= 11 is 0. The van der Waals surface area contributed by atoms with E-state index in [0.29, 0.717) is 0 Å². The summed E-state index contributed by atoms with van der Waals surface area (Å²) in [5, 5.41) is 3.04. The third-order valence-corrected chi connectivity index (χ3v) is 4.73. The molecule has 0 aliphatic heterocycles. The van der Waals surface area contributed by atoms with Crippen molar-refractivity contribution in [2.45, 2.75) is 44.6 Å². The molecule has 2 N–H and O–H groups in total. The highest BCUT2D eigenvalue weighted by Crippen LogP contribution is 2.39. The van der Waals surface area contributed by atoms with Crippen molar-refractivity contribution in [2.75, 3.05) is 0 Å². The van der Waals surface area contributed by atoms with Gasteiger partial charge in [-0.25, -0.2) is 0 Å². The number of benzene rings is 2. The van der Waals surface area contributed by atoms with E-state index in [1.54, 1.807) is 16.5 Å². The molecule has 0 heterocycles. The number of fused-ring (bicyclic) bond motifs is 2. The van der Waals surface area contributed by atoms with Crippen LogP contribution in [0.2, 0.25) is 0 Å². The van der Waals surface area contributed by atoms with Gasteiger partial charge >= 0.3 is 0 Å². The standard InChI is InChI=1S/C17H19N/c18-16-7-2-1-5-13-14-6-3-4-11-8-9-12(17(11)14)10-15(13)16/h3-4,6,10,16H,1-2,5,7-9,18H2. The summed E-state index contributed by atoms with van der Waals surface area (Å²) in [6, 6.07) is 9.51. The molecule has 0 fully saturated rings. The van der Waals surface area contributed by atoms with Crippen molar-refractivity contribution in [1.29, 1.82) is 0 Å². The van der Waals surface area contributed by atoms with Gasteiger partial charge in [0.1, 0.15) is 0 Å². The Kier molecular flexibility index (Phi) is 2.25. The predicted molar refractivity (Wildman–Crippen MR) is 75.8 cm³/mol. The molecule has 92 valence electrons. The maximum absolute atomic E-state index is 6.38. The van der Waals surface area contributed by atoms with Gasteiger partial charge in [0.05, 0.1) is 0 Å². The van der Waals surface area contributed by atoms with E-state index in [0.717, 1.165) is 6.42 Å². The van der Waals surface area contributed by atoms with Crippen LogP contribution >= 0.6 is 0 Å². The fourth-order valence-electron chi connectivity index (χ4n) is 3.84. The van der Waals surface area contributed by atoms with Crippen molar-refractivity contribution in [3.8, 4) is 0 Å². The van der Waals surface area contributed by atoms with Crippen molar-refractivity contribution in [3.63, 3.8) is 0 Å². The third kappa shape index (κ3) is 1.37. The van der Waals surface area contributed by atoms with Crippen LogP contribution in [0.3, 0.4) is 0 Å². The fourth-order valence-corrected chi connectivity index (χ4v) is 3.84. The zero-order valence-electron chi connectivity index (χ0n) is 10.7. The van der Waals surface area contributed by atoms with Crippen LogP contribution < -0.4 is 5.73 Å². The third-order valence-electron chi connectivity index (χ3n) is 4.73. The molecule has 0 bridgehead atoms. The first-order chi connectivity index (χ1) is 8.84. The van der Waals surface area contributed by atoms with Crippen LogP contribution in [0.25, 0.3) is 10.8 Å². The minimum atomic E-state index is 0.257. The Hall–Kier alpha value is -1.34. The molecule has 2 aromatic carbocycles. The highest BCUT2D eigenvalue weighted by molar-refractivity contribution is 5.94. The topological polar surface area (TPSA) is 26.0 Å². The maximum Gasteiger partial charge on any atom is 0.0297 e. The van der Waals surface area contributed by atoms with Crippen LogP contribution in [0.4, 0.5) is 0 Å². The molecule has 2 aliphatic carbocycles. The lowest BCUT2D eigenvalue weighted by molar-refractivity contribution is 0.615. The number of nitrogens with two attached hydrogens (primary N) is 1. The Balaban J connectivity index is 2.09. The van der Waals surface area contributed by atoms with Gasteiger partial charge in [-0.1, -0.05) is 30.7 Å². The maximum atomic E-state index is 6.38. The zero-order chi connectivity index (χ0) is 12.1. The summed E-state index contributed by atoms with van der Waals surface area (Å²) in [5.74, 6) is 0. The van der Waals surface area contributed by atoms with E-state index in [-0.39, 0.29) is 6.04 Å². The van der Waals surface area contributed by atoms with Gasteiger partial charge in [0.2, 0.25) is 0 Å². The van der Waals surface area contributed by atoms with E-state index in [1.807, 2.05) is 0 Å². The number of aryl methyl sites for hydroxylation is 3. The van der Waals surface area contributed by atoms with Gasteiger partial charge in [-0.2, -0.15) is 0 Å². The van der Waals surface area contributed by atoms with E-state index in [4.69, 9.17) is 5.73 Å². The summed E-state index contributed by atoms with van der Waals surface area (Å²) in [6.45, 7) is 0. The van der Waals surface area contributed by atoms with Gasteiger partial charge < -0.3 is 5.73 Å². The van der Waals surface area contributed by atoms with E-state index < -0.39 is 0 Å². The molecule has 0 aromatic heterocycles. The summed E-state index contributed by atoms with van der Waals surface area (Å²) < 4.78 is 0. The second kappa shape index (κ2) is 3.83. The highest BCUT2D eigenvalue weighted by Gasteiger charge is 2.22. The minimum absolute atomic E-state index is 0.257. The largest absolute Gasteiger partial charge is 0.324 e. The van der Waals surface area contributed by atoms with Crippen molar-refractivity contribution in [2.24, 2.45) is 5.73 Å². The van der Waals surface area contributed by atoms with Crippen molar-refractivity contribution in [1.82, 2.24) is 0 Å². The van der Waals surface area contributed by atoms with Gasteiger partial charge in [-0.3, -0.25) is 0 Å². The second-order valence-corrected chi connectivity index (χ2v) is 5.80. The summed E-state index contributed by atoms with van der Waals surface area (Å²) in [4.78, 5) is 0. The van der Waals surface area contributed by atoms with Gasteiger partial charge in [0, 0.05) is 6.04 Å². The molecule has 4 rings (SSSR count). The Labute approximate surface area is 108 Å². The SMILES string of the molecule is NC1CCCCc2c1cc1c3c(cccc23)CC1. The lowest BCUT2D eigenvalue weighted by Crippen LogP contribution is -2.11. The monoisotopic (exact) mass is 237 g/mol. The molecule has 1 heteroatoms.